The van der Waals surface area contributed by atoms with Crippen molar-refractivity contribution in [1.29, 1.82) is 5.41 Å². The topological polar surface area (TPSA) is 92.5 Å². The first kappa shape index (κ1) is 27.2. The fraction of sp³-hybridized carbons (Fsp3) is 0.346. The van der Waals surface area contributed by atoms with Gasteiger partial charge in [-0.2, -0.15) is 13.2 Å². The Morgan fingerprint density at radius 2 is 1.83 bits per heavy atom. The van der Waals surface area contributed by atoms with E-state index in [2.05, 4.69) is 4.98 Å². The summed E-state index contributed by atoms with van der Waals surface area (Å²) in [6.45, 7) is 3.64. The fourth-order valence-corrected chi connectivity index (χ4v) is 4.61. The van der Waals surface area contributed by atoms with Gasteiger partial charge in [0.05, 0.1) is 7.11 Å². The number of nitrogens with one attached hydrogen (secondary N) is 1. The van der Waals surface area contributed by atoms with Crippen LogP contribution < -0.4 is 4.74 Å². The van der Waals surface area contributed by atoms with Gasteiger partial charge in [0.2, 0.25) is 6.10 Å². The number of carbonyl (C=O) groups excluding carboxylic acids is 1. The van der Waals surface area contributed by atoms with Crippen LogP contribution in [0.15, 0.2) is 41.8 Å². The predicted octanol–water partition coefficient (Wildman–Crippen LogP) is 6.64. The standard InChI is InChI=1S/C26H27F3N2O4S/c1-4-9-16-13-18(23(30)26(27,28)29)20(32)17(10-5-2)21(16)35-22(25(33)34-3)19-14-36-24(31-19)15-11-7-6-8-12-15/h6-8,11-14,22,30,32H,4-5,9-10H2,1-3H3. The number of carbonyl (C=O) groups is 1. The van der Waals surface area contributed by atoms with Crippen molar-refractivity contribution < 1.29 is 32.5 Å². The highest BCUT2D eigenvalue weighted by Crippen LogP contribution is 2.41. The molecule has 0 bridgehead atoms. The first-order valence-electron chi connectivity index (χ1n) is 11.4. The number of halogens is 3. The van der Waals surface area contributed by atoms with Crippen molar-refractivity contribution >= 4 is 23.0 Å². The highest BCUT2D eigenvalue weighted by atomic mass is 32.1. The van der Waals surface area contributed by atoms with Gasteiger partial charge in [0.15, 0.2) is 0 Å². The lowest BCUT2D eigenvalue weighted by Crippen LogP contribution is -2.25. The van der Waals surface area contributed by atoms with Crippen molar-refractivity contribution in [2.24, 2.45) is 0 Å². The van der Waals surface area contributed by atoms with Crippen molar-refractivity contribution in [2.75, 3.05) is 7.11 Å². The summed E-state index contributed by atoms with van der Waals surface area (Å²) in [6.07, 6.45) is -4.71. The molecule has 6 nitrogen and oxygen atoms in total. The second-order valence-corrected chi connectivity index (χ2v) is 8.93. The maximum absolute atomic E-state index is 13.3. The van der Waals surface area contributed by atoms with Crippen LogP contribution in [-0.4, -0.2) is 35.1 Å². The summed E-state index contributed by atoms with van der Waals surface area (Å²) in [7, 11) is 1.20. The molecule has 1 aromatic heterocycles. The molecule has 192 valence electrons. The molecule has 0 saturated carbocycles. The normalized spacial score (nSPS) is 12.3. The fourth-order valence-electron chi connectivity index (χ4n) is 3.77. The molecule has 1 unspecified atom stereocenters. The molecule has 1 atom stereocenters. The molecule has 1 heterocycles. The van der Waals surface area contributed by atoms with Crippen LogP contribution in [-0.2, 0) is 22.4 Å². The number of methoxy groups -OCH3 is 1. The summed E-state index contributed by atoms with van der Waals surface area (Å²) in [5, 5.41) is 20.7. The molecule has 0 saturated heterocycles. The molecular weight excluding hydrogens is 493 g/mol. The monoisotopic (exact) mass is 520 g/mol. The third-order valence-electron chi connectivity index (χ3n) is 5.46. The zero-order chi connectivity index (χ0) is 26.5. The van der Waals surface area contributed by atoms with Crippen molar-refractivity contribution in [3.05, 3.63) is 64.2 Å². The zero-order valence-electron chi connectivity index (χ0n) is 20.1. The minimum absolute atomic E-state index is 0.111. The maximum Gasteiger partial charge on any atom is 0.433 e. The van der Waals surface area contributed by atoms with Crippen molar-refractivity contribution in [3.8, 4) is 22.1 Å². The van der Waals surface area contributed by atoms with E-state index in [1.165, 1.54) is 18.4 Å². The lowest BCUT2D eigenvalue weighted by atomic mass is 9.94. The number of nitrogens with zero attached hydrogens (tertiary/aromatic N) is 1. The second kappa shape index (κ2) is 11.6. The smallest absolute Gasteiger partial charge is 0.433 e. The number of esters is 1. The number of alkyl halides is 3. The van der Waals surface area contributed by atoms with Crippen LogP contribution in [0.1, 0.15) is 55.2 Å². The van der Waals surface area contributed by atoms with Crippen LogP contribution in [0.4, 0.5) is 13.2 Å². The number of ether oxygens (including phenoxy) is 2. The molecule has 3 rings (SSSR count). The maximum atomic E-state index is 13.3. The van der Waals surface area contributed by atoms with Gasteiger partial charge in [0.1, 0.15) is 27.9 Å². The molecule has 0 spiro atoms. The number of aryl methyl sites for hydroxylation is 1. The van der Waals surface area contributed by atoms with Gasteiger partial charge in [-0.1, -0.05) is 57.0 Å². The van der Waals surface area contributed by atoms with Gasteiger partial charge in [-0.05, 0) is 24.5 Å². The number of phenolic OH excluding ortho intramolecular Hbond substituents is 1. The number of rotatable bonds is 10. The Balaban J connectivity index is 2.13. The molecule has 3 aromatic rings. The minimum Gasteiger partial charge on any atom is -0.507 e. The Kier molecular flexibility index (Phi) is 8.73. The van der Waals surface area contributed by atoms with E-state index in [1.807, 2.05) is 37.3 Å². The van der Waals surface area contributed by atoms with E-state index >= 15 is 0 Å². The highest BCUT2D eigenvalue weighted by Gasteiger charge is 2.38. The summed E-state index contributed by atoms with van der Waals surface area (Å²) in [5.74, 6) is -1.31. The lowest BCUT2D eigenvalue weighted by molar-refractivity contribution is -0.149. The first-order valence-corrected chi connectivity index (χ1v) is 12.3. The van der Waals surface area contributed by atoms with Gasteiger partial charge in [-0.25, -0.2) is 9.78 Å². The van der Waals surface area contributed by atoms with Crippen molar-refractivity contribution in [1.82, 2.24) is 4.98 Å². The third-order valence-corrected chi connectivity index (χ3v) is 6.37. The first-order chi connectivity index (χ1) is 17.1. The van der Waals surface area contributed by atoms with Gasteiger partial charge in [-0.15, -0.1) is 11.3 Å². The largest absolute Gasteiger partial charge is 0.507 e. The van der Waals surface area contributed by atoms with Crippen LogP contribution in [0.5, 0.6) is 11.5 Å². The van der Waals surface area contributed by atoms with Crippen LogP contribution in [0, 0.1) is 5.41 Å². The summed E-state index contributed by atoms with van der Waals surface area (Å²) < 4.78 is 51.1. The summed E-state index contributed by atoms with van der Waals surface area (Å²) in [6, 6.07) is 10.5. The number of phenols is 1. The van der Waals surface area contributed by atoms with Gasteiger partial charge in [0.25, 0.3) is 0 Å². The molecule has 0 radical (unpaired) electrons. The Morgan fingerprint density at radius 3 is 2.42 bits per heavy atom. The van der Waals surface area contributed by atoms with Crippen LogP contribution in [0.2, 0.25) is 0 Å². The van der Waals surface area contributed by atoms with E-state index < -0.39 is 35.3 Å². The Hall–Kier alpha value is -3.40. The number of thiazole rings is 1. The lowest BCUT2D eigenvalue weighted by Gasteiger charge is -2.23. The van der Waals surface area contributed by atoms with Crippen molar-refractivity contribution in [2.45, 2.75) is 51.8 Å². The zero-order valence-corrected chi connectivity index (χ0v) is 20.9. The van der Waals surface area contributed by atoms with Gasteiger partial charge >= 0.3 is 12.1 Å². The molecule has 0 aliphatic carbocycles. The number of hydrogen-bond donors (Lipinski definition) is 2. The molecule has 0 aliphatic rings. The molecule has 36 heavy (non-hydrogen) atoms. The molecular formula is C26H27F3N2O4S. The number of hydrogen-bond acceptors (Lipinski definition) is 7. The van der Waals surface area contributed by atoms with E-state index in [9.17, 15) is 23.1 Å². The Bertz CT molecular complexity index is 1230. The van der Waals surface area contributed by atoms with Gasteiger partial charge < -0.3 is 14.6 Å². The molecule has 2 N–H and O–H groups in total. The molecule has 0 aliphatic heterocycles. The minimum atomic E-state index is -4.93. The predicted molar refractivity (Wildman–Crippen MR) is 132 cm³/mol. The Labute approximate surface area is 211 Å². The van der Waals surface area contributed by atoms with Crippen LogP contribution in [0.25, 0.3) is 10.6 Å². The average molecular weight is 521 g/mol. The van der Waals surface area contributed by atoms with Crippen molar-refractivity contribution in [3.63, 3.8) is 0 Å². The van der Waals surface area contributed by atoms with Crippen LogP contribution >= 0.6 is 11.3 Å². The summed E-state index contributed by atoms with van der Waals surface area (Å²) >= 11 is 1.31. The molecule has 10 heteroatoms. The number of benzene rings is 2. The van der Waals surface area contributed by atoms with E-state index in [0.29, 0.717) is 29.8 Å². The molecule has 0 fully saturated rings. The van der Waals surface area contributed by atoms with E-state index in [0.717, 1.165) is 11.6 Å². The average Bonchev–Trinajstić information content (AvgIpc) is 3.34. The van der Waals surface area contributed by atoms with Gasteiger partial charge in [0, 0.05) is 22.1 Å². The number of aromatic hydroxyl groups is 1. The van der Waals surface area contributed by atoms with Crippen LogP contribution in [0.3, 0.4) is 0 Å². The third kappa shape index (κ3) is 5.87. The second-order valence-electron chi connectivity index (χ2n) is 8.08. The van der Waals surface area contributed by atoms with E-state index in [-0.39, 0.29) is 23.4 Å². The summed E-state index contributed by atoms with van der Waals surface area (Å²) in [5.41, 5.74) is -0.658. The summed E-state index contributed by atoms with van der Waals surface area (Å²) in [4.78, 5) is 17.3. The quantitative estimate of drug-likeness (QED) is 0.231. The van der Waals surface area contributed by atoms with E-state index in [4.69, 9.17) is 14.9 Å². The molecule has 0 amide bonds. The molecule has 2 aromatic carbocycles. The SMILES string of the molecule is CCCc1cc(C(=N)C(F)(F)F)c(O)c(CCC)c1OC(C(=O)OC)c1csc(-c2ccccc2)n1. The highest BCUT2D eigenvalue weighted by molar-refractivity contribution is 7.13. The number of aromatic nitrogens is 1. The Morgan fingerprint density at radius 1 is 1.17 bits per heavy atom. The van der Waals surface area contributed by atoms with Gasteiger partial charge in [-0.3, -0.25) is 5.41 Å². The van der Waals surface area contributed by atoms with E-state index in [1.54, 1.807) is 12.3 Å².